The maximum atomic E-state index is 13.0. The first kappa shape index (κ1) is 60.7. The molecule has 2 N–H and O–H groups in total. The second-order valence-corrected chi connectivity index (χ2v) is 34.1. The van der Waals surface area contributed by atoms with Crippen LogP contribution in [-0.2, 0) is 28.4 Å². The van der Waals surface area contributed by atoms with Gasteiger partial charge in [0.05, 0.1) is 36.5 Å². The van der Waals surface area contributed by atoms with Crippen LogP contribution in [0.5, 0.6) is 0 Å². The summed E-state index contributed by atoms with van der Waals surface area (Å²) in [6, 6.07) is 9.91. The van der Waals surface area contributed by atoms with E-state index in [-0.39, 0.29) is 30.1 Å². The van der Waals surface area contributed by atoms with Gasteiger partial charge in [0.15, 0.2) is 11.6 Å². The molecule has 0 aromatic heterocycles. The lowest BCUT2D eigenvalue weighted by Gasteiger charge is -2.20. The maximum Gasteiger partial charge on any atom is 0.338 e. The van der Waals surface area contributed by atoms with E-state index in [0.29, 0.717) is 43.1 Å². The van der Waals surface area contributed by atoms with E-state index in [1.54, 1.807) is 0 Å². The molecule has 0 spiro atoms. The fraction of sp³-hybridized carbons (Fsp3) is 0.621. The molecule has 390 valence electrons. The minimum absolute atomic E-state index is 0.215. The number of hydrogen-bond donors (Lipinski definition) is 2. The Hall–Kier alpha value is -3.65. The quantitative estimate of drug-likeness (QED) is 0.0572. The maximum absolute atomic E-state index is 13.0. The van der Waals surface area contributed by atoms with Gasteiger partial charge in [-0.05, 0) is 115 Å². The monoisotopic (exact) mass is 1000 g/mol. The molecule has 2 fully saturated rings. The zero-order valence-electron chi connectivity index (χ0n) is 46.2. The summed E-state index contributed by atoms with van der Waals surface area (Å²) in [5.41, 5.74) is 6.86. The number of ether oxygens (including phenoxy) is 6. The summed E-state index contributed by atoms with van der Waals surface area (Å²) < 4.78 is 35.5. The van der Waals surface area contributed by atoms with Crippen molar-refractivity contribution in [2.24, 2.45) is 11.8 Å². The van der Waals surface area contributed by atoms with Gasteiger partial charge in [0.2, 0.25) is 0 Å². The molecule has 2 saturated heterocycles. The van der Waals surface area contributed by atoms with Crippen molar-refractivity contribution in [3.8, 4) is 11.8 Å². The van der Waals surface area contributed by atoms with Crippen molar-refractivity contribution in [3.05, 3.63) is 93.1 Å². The molecule has 10 nitrogen and oxygen atoms in total. The second-order valence-electron chi connectivity index (χ2n) is 22.8. The predicted molar refractivity (Wildman–Crippen MR) is 291 cm³/mol. The fourth-order valence-electron chi connectivity index (χ4n) is 8.13. The topological polar surface area (TPSA) is 130 Å². The summed E-state index contributed by atoms with van der Waals surface area (Å²) in [5, 5.41) is 21.4. The van der Waals surface area contributed by atoms with Gasteiger partial charge < -0.3 is 38.6 Å². The summed E-state index contributed by atoms with van der Waals surface area (Å²) in [6.45, 7) is 38.2. The van der Waals surface area contributed by atoms with Crippen LogP contribution >= 0.6 is 0 Å². The van der Waals surface area contributed by atoms with E-state index in [1.165, 1.54) is 0 Å². The van der Waals surface area contributed by atoms with E-state index in [0.717, 1.165) is 58.3 Å². The zero-order valence-corrected chi connectivity index (χ0v) is 48.2. The molecule has 0 saturated carbocycles. The zero-order chi connectivity index (χ0) is 52.8. The molecular weight excluding hydrogens is 913 g/mol. The van der Waals surface area contributed by atoms with Gasteiger partial charge in [0.25, 0.3) is 0 Å². The summed E-state index contributed by atoms with van der Waals surface area (Å²) in [5.74, 6) is 4.53. The van der Waals surface area contributed by atoms with Crippen molar-refractivity contribution in [1.82, 2.24) is 0 Å². The first-order valence-corrected chi connectivity index (χ1v) is 33.0. The van der Waals surface area contributed by atoms with E-state index in [9.17, 15) is 19.8 Å². The van der Waals surface area contributed by atoms with Gasteiger partial charge in [0, 0.05) is 22.1 Å². The lowest BCUT2D eigenvalue weighted by molar-refractivity contribution is -0.152. The molecule has 2 aromatic rings. The number of esters is 2. The van der Waals surface area contributed by atoms with E-state index in [1.807, 2.05) is 123 Å². The van der Waals surface area contributed by atoms with Crippen LogP contribution in [0.15, 0.2) is 48.6 Å². The molecule has 0 radical (unpaired) electrons. The van der Waals surface area contributed by atoms with E-state index >= 15 is 0 Å². The average molecular weight is 1000 g/mol. The summed E-state index contributed by atoms with van der Waals surface area (Å²) in [7, 11) is -2.57. The first-order chi connectivity index (χ1) is 32.4. The van der Waals surface area contributed by atoms with Crippen molar-refractivity contribution in [2.45, 2.75) is 208 Å². The highest BCUT2D eigenvalue weighted by Crippen LogP contribution is 2.34. The molecular formula is C58H90O10Si2. The molecule has 0 bridgehead atoms. The Morgan fingerprint density at radius 3 is 1.50 bits per heavy atom. The van der Waals surface area contributed by atoms with Crippen LogP contribution in [0.4, 0.5) is 0 Å². The Kier molecular flexibility index (Phi) is 23.3. The van der Waals surface area contributed by atoms with Crippen LogP contribution in [-0.4, -0.2) is 99.7 Å². The van der Waals surface area contributed by atoms with Crippen LogP contribution in [0.2, 0.25) is 51.4 Å². The largest absolute Gasteiger partial charge is 0.462 e. The summed E-state index contributed by atoms with van der Waals surface area (Å²) in [6.07, 6.45) is 11.4. The molecule has 12 heteroatoms. The normalized spacial score (nSPS) is 21.8. The number of allylic oxidation sites excluding steroid dienone is 1. The van der Waals surface area contributed by atoms with Gasteiger partial charge in [-0.25, -0.2) is 9.59 Å². The molecule has 2 heterocycles. The highest BCUT2D eigenvalue weighted by molar-refractivity contribution is 6.76. The van der Waals surface area contributed by atoms with Crippen LogP contribution in [0, 0.1) is 51.4 Å². The Bertz CT molecular complexity index is 2180. The number of aliphatic hydroxyl groups is 2. The number of aliphatic hydroxyl groups excluding tert-OH is 2. The third-order valence-corrected chi connectivity index (χ3v) is 15.8. The van der Waals surface area contributed by atoms with Crippen molar-refractivity contribution < 1.29 is 48.2 Å². The lowest BCUT2D eigenvalue weighted by atomic mass is 9.97. The molecule has 2 unspecified atom stereocenters. The lowest BCUT2D eigenvalue weighted by Crippen LogP contribution is -2.34. The average Bonchev–Trinajstić information content (AvgIpc) is 3.73. The minimum atomic E-state index is -1.29. The molecule has 0 amide bonds. The van der Waals surface area contributed by atoms with Gasteiger partial charge in [-0.1, -0.05) is 157 Å². The Balaban J connectivity index is 0.000000370. The van der Waals surface area contributed by atoms with Crippen LogP contribution in [0.3, 0.4) is 0 Å². The van der Waals surface area contributed by atoms with Crippen LogP contribution < -0.4 is 0 Å². The van der Waals surface area contributed by atoms with Crippen molar-refractivity contribution in [2.75, 3.05) is 13.2 Å². The minimum Gasteiger partial charge on any atom is -0.462 e. The Morgan fingerprint density at radius 2 is 1.09 bits per heavy atom. The number of rotatable bonds is 20. The van der Waals surface area contributed by atoms with Gasteiger partial charge in [0.1, 0.15) is 24.4 Å². The number of carbonyl (C=O) groups excluding carboxylic acids is 2. The van der Waals surface area contributed by atoms with Gasteiger partial charge in [-0.2, -0.15) is 0 Å². The van der Waals surface area contributed by atoms with Gasteiger partial charge in [-0.3, -0.25) is 0 Å². The molecule has 2 aliphatic rings. The van der Waals surface area contributed by atoms with E-state index < -0.39 is 52.1 Å². The molecule has 2 aromatic carbocycles. The number of hydrogen-bond acceptors (Lipinski definition) is 10. The standard InChI is InChI=1S/C29H46O5Si.C29H44O5Si/c2*1-10-20(2)14-15-24(30)27-25(33-29(5,6)34-27)13-11-12-23-19-21(3)18-22(4)26(23)28(31)32-16-17-35(7,8)9/h11-12,14-15,18-20,24-25,27,30H,10,13,16-17H2,1-9H3;11-12,18-20,24-25,27,30H,10,13,16-17H2,1-9H3/b12-11+,15-14-;12-11+/t2*20-,24?,25+,27-/m11/s1. The molecule has 70 heavy (non-hydrogen) atoms. The predicted octanol–water partition coefficient (Wildman–Crippen LogP) is 12.8. The smallest absolute Gasteiger partial charge is 0.338 e. The van der Waals surface area contributed by atoms with Crippen LogP contribution in [0.25, 0.3) is 12.2 Å². The summed E-state index contributed by atoms with van der Waals surface area (Å²) in [4.78, 5) is 25.9. The highest BCUT2D eigenvalue weighted by atomic mass is 28.3. The third kappa shape index (κ3) is 20.5. The van der Waals surface area contributed by atoms with Crippen LogP contribution in [0.1, 0.15) is 135 Å². The number of aryl methyl sites for hydroxylation is 4. The summed E-state index contributed by atoms with van der Waals surface area (Å²) >= 11 is 0. The number of carbonyl (C=O) groups is 2. The van der Waals surface area contributed by atoms with E-state index in [2.05, 4.69) is 71.9 Å². The van der Waals surface area contributed by atoms with Crippen molar-refractivity contribution in [1.29, 1.82) is 0 Å². The van der Waals surface area contributed by atoms with Crippen molar-refractivity contribution >= 4 is 40.2 Å². The Morgan fingerprint density at radius 1 is 0.657 bits per heavy atom. The van der Waals surface area contributed by atoms with Crippen molar-refractivity contribution in [3.63, 3.8) is 0 Å². The SMILES string of the molecule is CC[C@@H](C)/C=C\C(O)[C@H]1OC(C)(C)O[C@H]1C/C=C/c1cc(C)cc(C)c1C(=O)OCC[Si](C)(C)C.CC[C@@H](C)C#CC(O)[C@H]1OC(C)(C)O[C@H]1C/C=C/c1cc(C)cc(C)c1C(=O)OCC[Si](C)(C)C. The highest BCUT2D eigenvalue weighted by Gasteiger charge is 2.45. The molecule has 4 rings (SSSR count). The fourth-order valence-corrected chi connectivity index (χ4v) is 9.56. The Labute approximate surface area is 425 Å². The molecule has 2 aliphatic heterocycles. The van der Waals surface area contributed by atoms with Gasteiger partial charge in [-0.15, -0.1) is 0 Å². The molecule has 0 aliphatic carbocycles. The van der Waals surface area contributed by atoms with Gasteiger partial charge >= 0.3 is 11.9 Å². The molecule has 8 atom stereocenters. The van der Waals surface area contributed by atoms with E-state index in [4.69, 9.17) is 28.4 Å². The second kappa shape index (κ2) is 26.9. The number of benzene rings is 2. The third-order valence-electron chi connectivity index (χ3n) is 12.4. The first-order valence-electron chi connectivity index (χ1n) is 25.6.